The Hall–Kier alpha value is -0.320. The normalized spacial score (nSPS) is 18.6. The van der Waals surface area contributed by atoms with Crippen molar-refractivity contribution >= 4 is 17.5 Å². The highest BCUT2D eigenvalue weighted by Gasteiger charge is 2.20. The van der Waals surface area contributed by atoms with E-state index in [0.717, 1.165) is 13.1 Å². The van der Waals surface area contributed by atoms with Gasteiger partial charge < -0.3 is 14.7 Å². The summed E-state index contributed by atoms with van der Waals surface area (Å²) in [4.78, 5) is 17.8. The minimum absolute atomic E-state index is 0.00319. The number of alkyl halides is 1. The summed E-state index contributed by atoms with van der Waals surface area (Å²) >= 11 is 5.52. The van der Waals surface area contributed by atoms with Crippen molar-refractivity contribution in [2.45, 2.75) is 18.9 Å². The molecule has 0 N–H and O–H groups in total. The van der Waals surface area contributed by atoms with Crippen LogP contribution >= 0.6 is 11.6 Å². The van der Waals surface area contributed by atoms with Gasteiger partial charge in [0.25, 0.3) is 0 Å². The zero-order valence-electron chi connectivity index (χ0n) is 11.2. The number of hydrogen-bond donors (Lipinski definition) is 0. The first kappa shape index (κ1) is 14.7. The molecule has 1 aliphatic heterocycles. The molecule has 1 heterocycles. The molecule has 1 rings (SSSR count). The van der Waals surface area contributed by atoms with Gasteiger partial charge in [0.1, 0.15) is 5.88 Å². The first-order valence-corrected chi connectivity index (χ1v) is 6.76. The number of likely N-dealkylation sites (N-methyl/N-ethyl adjacent to an activating group) is 2. The highest BCUT2D eigenvalue weighted by Crippen LogP contribution is 2.13. The van der Waals surface area contributed by atoms with Gasteiger partial charge in [-0.25, -0.2) is 0 Å². The number of likely N-dealkylation sites (tertiary alicyclic amines) is 1. The lowest BCUT2D eigenvalue weighted by Crippen LogP contribution is -2.44. The smallest absolute Gasteiger partial charge is 0.237 e. The van der Waals surface area contributed by atoms with E-state index in [2.05, 4.69) is 23.9 Å². The van der Waals surface area contributed by atoms with Crippen LogP contribution in [0.1, 0.15) is 12.8 Å². The number of carbonyl (C=O) groups is 1. The van der Waals surface area contributed by atoms with Gasteiger partial charge in [-0.15, -0.1) is 11.6 Å². The highest BCUT2D eigenvalue weighted by molar-refractivity contribution is 6.27. The van der Waals surface area contributed by atoms with Crippen molar-refractivity contribution in [1.29, 1.82) is 0 Å². The van der Waals surface area contributed by atoms with Gasteiger partial charge in [-0.2, -0.15) is 0 Å². The lowest BCUT2D eigenvalue weighted by atomic mass is 10.0. The SMILES string of the molecule is CN1CCC(N(C)CCN(C)C(=O)CCl)CC1. The van der Waals surface area contributed by atoms with Gasteiger partial charge in [0, 0.05) is 26.2 Å². The van der Waals surface area contributed by atoms with Crippen LogP contribution in [-0.4, -0.2) is 79.9 Å². The second kappa shape index (κ2) is 7.19. The quantitative estimate of drug-likeness (QED) is 0.682. The third kappa shape index (κ3) is 4.82. The maximum atomic E-state index is 11.3. The molecule has 1 aliphatic rings. The highest BCUT2D eigenvalue weighted by atomic mass is 35.5. The summed E-state index contributed by atoms with van der Waals surface area (Å²) < 4.78 is 0. The zero-order valence-corrected chi connectivity index (χ0v) is 11.9. The lowest BCUT2D eigenvalue weighted by molar-refractivity contribution is -0.127. The second-order valence-corrected chi connectivity index (χ2v) is 5.23. The molecular weight excluding hydrogens is 238 g/mol. The Kier molecular flexibility index (Phi) is 6.23. The number of hydrogen-bond acceptors (Lipinski definition) is 3. The van der Waals surface area contributed by atoms with E-state index in [0.29, 0.717) is 6.04 Å². The summed E-state index contributed by atoms with van der Waals surface area (Å²) in [5.74, 6) is 0.0810. The van der Waals surface area contributed by atoms with Gasteiger partial charge in [0.2, 0.25) is 5.91 Å². The summed E-state index contributed by atoms with van der Waals surface area (Å²) in [7, 11) is 6.13. The van der Waals surface area contributed by atoms with Gasteiger partial charge in [-0.1, -0.05) is 0 Å². The molecule has 0 aromatic carbocycles. The Balaban J connectivity index is 2.25. The van der Waals surface area contributed by atoms with E-state index in [1.54, 1.807) is 4.90 Å². The predicted molar refractivity (Wildman–Crippen MR) is 71.5 cm³/mol. The van der Waals surface area contributed by atoms with Crippen LogP contribution in [0.5, 0.6) is 0 Å². The van der Waals surface area contributed by atoms with E-state index < -0.39 is 0 Å². The van der Waals surface area contributed by atoms with Crippen molar-refractivity contribution in [2.75, 3.05) is 53.2 Å². The van der Waals surface area contributed by atoms with E-state index in [9.17, 15) is 4.79 Å². The van der Waals surface area contributed by atoms with E-state index in [1.165, 1.54) is 25.9 Å². The first-order valence-electron chi connectivity index (χ1n) is 6.23. The molecule has 0 saturated carbocycles. The summed E-state index contributed by atoms with van der Waals surface area (Å²) in [5.41, 5.74) is 0. The Morgan fingerprint density at radius 3 is 2.41 bits per heavy atom. The third-order valence-corrected chi connectivity index (χ3v) is 3.87. The van der Waals surface area contributed by atoms with Crippen LogP contribution in [0.2, 0.25) is 0 Å². The summed E-state index contributed by atoms with van der Waals surface area (Å²) in [6.45, 7) is 4.03. The molecule has 0 aromatic rings. The van der Waals surface area contributed by atoms with E-state index in [-0.39, 0.29) is 11.8 Å². The van der Waals surface area contributed by atoms with Gasteiger partial charge in [0.15, 0.2) is 0 Å². The largest absolute Gasteiger partial charge is 0.343 e. The van der Waals surface area contributed by atoms with Crippen LogP contribution in [0, 0.1) is 0 Å². The standard InChI is InChI=1S/C12H24ClN3O/c1-14-6-4-11(5-7-14)15(2)8-9-16(3)12(17)10-13/h11H,4-10H2,1-3H3. The molecule has 4 nitrogen and oxygen atoms in total. The fourth-order valence-electron chi connectivity index (χ4n) is 2.15. The molecule has 0 radical (unpaired) electrons. The van der Waals surface area contributed by atoms with Crippen LogP contribution < -0.4 is 0 Å². The van der Waals surface area contributed by atoms with E-state index in [4.69, 9.17) is 11.6 Å². The van der Waals surface area contributed by atoms with Gasteiger partial charge in [-0.05, 0) is 40.0 Å². The van der Waals surface area contributed by atoms with Crippen LogP contribution in [-0.2, 0) is 4.79 Å². The number of carbonyl (C=O) groups excluding carboxylic acids is 1. The molecule has 1 amide bonds. The van der Waals surface area contributed by atoms with Crippen LogP contribution in [0.15, 0.2) is 0 Å². The molecule has 17 heavy (non-hydrogen) atoms. The monoisotopic (exact) mass is 261 g/mol. The Morgan fingerprint density at radius 2 is 1.88 bits per heavy atom. The molecule has 1 saturated heterocycles. The van der Waals surface area contributed by atoms with Crippen molar-refractivity contribution in [3.63, 3.8) is 0 Å². The van der Waals surface area contributed by atoms with Gasteiger partial charge in [-0.3, -0.25) is 4.79 Å². The van der Waals surface area contributed by atoms with Crippen LogP contribution in [0.4, 0.5) is 0 Å². The summed E-state index contributed by atoms with van der Waals surface area (Å²) in [6, 6.07) is 0.658. The Bertz CT molecular complexity index is 242. The van der Waals surface area contributed by atoms with Crippen LogP contribution in [0.25, 0.3) is 0 Å². The van der Waals surface area contributed by atoms with Gasteiger partial charge in [0.05, 0.1) is 0 Å². The fraction of sp³-hybridized carbons (Fsp3) is 0.917. The minimum atomic E-state index is 0.00319. The zero-order chi connectivity index (χ0) is 12.8. The third-order valence-electron chi connectivity index (χ3n) is 3.64. The summed E-state index contributed by atoms with van der Waals surface area (Å²) in [6.07, 6.45) is 2.44. The molecule has 0 unspecified atom stereocenters. The number of halogens is 1. The average molecular weight is 262 g/mol. The first-order chi connectivity index (χ1) is 8.04. The fourth-order valence-corrected chi connectivity index (χ4v) is 2.36. The number of rotatable bonds is 5. The van der Waals surface area contributed by atoms with Crippen molar-refractivity contribution in [3.8, 4) is 0 Å². The molecule has 100 valence electrons. The number of piperidine rings is 1. The van der Waals surface area contributed by atoms with E-state index >= 15 is 0 Å². The Labute approximate surface area is 109 Å². The number of nitrogens with zero attached hydrogens (tertiary/aromatic N) is 3. The van der Waals surface area contributed by atoms with Crippen molar-refractivity contribution in [3.05, 3.63) is 0 Å². The molecule has 0 aromatic heterocycles. The minimum Gasteiger partial charge on any atom is -0.343 e. The molecule has 5 heteroatoms. The molecule has 0 aliphatic carbocycles. The second-order valence-electron chi connectivity index (χ2n) is 4.96. The lowest BCUT2D eigenvalue weighted by Gasteiger charge is -2.35. The van der Waals surface area contributed by atoms with Crippen molar-refractivity contribution in [1.82, 2.24) is 14.7 Å². The van der Waals surface area contributed by atoms with Gasteiger partial charge >= 0.3 is 0 Å². The molecule has 1 fully saturated rings. The Morgan fingerprint density at radius 1 is 1.29 bits per heavy atom. The molecule has 0 atom stereocenters. The van der Waals surface area contributed by atoms with Crippen molar-refractivity contribution in [2.24, 2.45) is 0 Å². The van der Waals surface area contributed by atoms with Crippen molar-refractivity contribution < 1.29 is 4.79 Å². The average Bonchev–Trinajstić information content (AvgIpc) is 2.35. The summed E-state index contributed by atoms with van der Waals surface area (Å²) in [5, 5.41) is 0. The molecular formula is C12H24ClN3O. The van der Waals surface area contributed by atoms with Crippen LogP contribution in [0.3, 0.4) is 0 Å². The number of amides is 1. The molecule has 0 spiro atoms. The van der Waals surface area contributed by atoms with E-state index in [1.807, 2.05) is 7.05 Å². The molecule has 0 bridgehead atoms. The maximum absolute atomic E-state index is 11.3. The predicted octanol–water partition coefficient (Wildman–Crippen LogP) is 0.710. The topological polar surface area (TPSA) is 26.8 Å². The maximum Gasteiger partial charge on any atom is 0.237 e.